The van der Waals surface area contributed by atoms with E-state index < -0.39 is 0 Å². The second-order valence-electron chi connectivity index (χ2n) is 7.34. The zero-order valence-corrected chi connectivity index (χ0v) is 18.4. The molecule has 0 bridgehead atoms. The molecule has 0 spiro atoms. The summed E-state index contributed by atoms with van der Waals surface area (Å²) >= 11 is 1.30. The lowest BCUT2D eigenvalue weighted by molar-refractivity contribution is -0.113. The summed E-state index contributed by atoms with van der Waals surface area (Å²) in [5.41, 5.74) is 5.00. The number of carbonyl (C=O) groups excluding carboxylic acids is 1. The number of hydrogen-bond donors (Lipinski definition) is 2. The van der Waals surface area contributed by atoms with Crippen molar-refractivity contribution in [2.75, 3.05) is 11.1 Å². The van der Waals surface area contributed by atoms with Crippen LogP contribution in [0.1, 0.15) is 50.1 Å². The lowest BCUT2D eigenvalue weighted by Gasteiger charge is -2.17. The number of nitrogens with one attached hydrogen (secondary N) is 2. The number of para-hydroxylation sites is 1. The van der Waals surface area contributed by atoms with Crippen LogP contribution in [-0.4, -0.2) is 26.2 Å². The molecule has 0 saturated carbocycles. The van der Waals surface area contributed by atoms with E-state index >= 15 is 0 Å². The molecule has 1 unspecified atom stereocenters. The Bertz CT molecular complexity index is 1100. The molecule has 2 aromatic heterocycles. The highest BCUT2D eigenvalue weighted by atomic mass is 32.2. The predicted octanol–water partition coefficient (Wildman–Crippen LogP) is 4.61. The number of thioether (sulfide) groups is 1. The number of hydrogen-bond acceptors (Lipinski definition) is 4. The maximum Gasteiger partial charge on any atom is 0.278 e. The monoisotopic (exact) mass is 412 g/mol. The average molecular weight is 413 g/mol. The van der Waals surface area contributed by atoms with Crippen LogP contribution in [0.15, 0.2) is 34.2 Å². The van der Waals surface area contributed by atoms with E-state index in [4.69, 9.17) is 0 Å². The van der Waals surface area contributed by atoms with Crippen molar-refractivity contribution in [3.63, 3.8) is 0 Å². The molecule has 1 aromatic carbocycles. The number of aryl methyl sites for hydroxylation is 3. The third-order valence-corrected chi connectivity index (χ3v) is 6.11. The lowest BCUT2D eigenvalue weighted by Crippen LogP contribution is -2.26. The van der Waals surface area contributed by atoms with Crippen molar-refractivity contribution in [2.45, 2.75) is 58.7 Å². The Balaban J connectivity index is 1.86. The first-order chi connectivity index (χ1) is 13.8. The molecule has 0 aliphatic carbocycles. The summed E-state index contributed by atoms with van der Waals surface area (Å²) in [7, 11) is 0. The van der Waals surface area contributed by atoms with Gasteiger partial charge in [-0.25, -0.2) is 4.98 Å². The van der Waals surface area contributed by atoms with Crippen LogP contribution >= 0.6 is 11.8 Å². The second-order valence-corrected chi connectivity index (χ2v) is 8.28. The van der Waals surface area contributed by atoms with Gasteiger partial charge in [0.25, 0.3) is 5.56 Å². The van der Waals surface area contributed by atoms with E-state index in [1.54, 1.807) is 4.57 Å². The van der Waals surface area contributed by atoms with Crippen molar-refractivity contribution in [1.29, 1.82) is 0 Å². The van der Waals surface area contributed by atoms with Crippen LogP contribution in [0, 0.1) is 13.8 Å². The molecule has 0 aliphatic rings. The van der Waals surface area contributed by atoms with Crippen LogP contribution in [0.25, 0.3) is 11.0 Å². The molecule has 1 amide bonds. The topological polar surface area (TPSA) is 79.8 Å². The van der Waals surface area contributed by atoms with E-state index in [2.05, 4.69) is 22.2 Å². The summed E-state index contributed by atoms with van der Waals surface area (Å²) in [6.07, 6.45) is 1.65. The molecule has 0 radical (unpaired) electrons. The zero-order valence-electron chi connectivity index (χ0n) is 17.6. The normalized spacial score (nSPS) is 12.3. The van der Waals surface area contributed by atoms with Crippen molar-refractivity contribution in [3.05, 3.63) is 51.4 Å². The Kier molecular flexibility index (Phi) is 6.47. The summed E-state index contributed by atoms with van der Waals surface area (Å²) in [6, 6.07) is 7.88. The SMILES string of the molecule is CCc1cccc(C)c1NC(=O)CSc1nc2cc(C)[nH]c2c(=O)n1C(C)CC. The summed E-state index contributed by atoms with van der Waals surface area (Å²) in [5, 5.41) is 3.61. The molecule has 154 valence electrons. The molecule has 0 aliphatic heterocycles. The van der Waals surface area contributed by atoms with E-state index in [1.165, 1.54) is 11.8 Å². The first kappa shape index (κ1) is 21.2. The quantitative estimate of drug-likeness (QED) is 0.439. The van der Waals surface area contributed by atoms with E-state index in [9.17, 15) is 9.59 Å². The smallest absolute Gasteiger partial charge is 0.278 e. The third kappa shape index (κ3) is 4.40. The van der Waals surface area contributed by atoms with Gasteiger partial charge in [-0.3, -0.25) is 14.2 Å². The van der Waals surface area contributed by atoms with Crippen molar-refractivity contribution >= 4 is 34.4 Å². The molecule has 3 aromatic rings. The fourth-order valence-electron chi connectivity index (χ4n) is 3.37. The summed E-state index contributed by atoms with van der Waals surface area (Å²) < 4.78 is 1.70. The minimum atomic E-state index is -0.103. The van der Waals surface area contributed by atoms with E-state index in [0.29, 0.717) is 16.2 Å². The first-order valence-electron chi connectivity index (χ1n) is 9.98. The van der Waals surface area contributed by atoms with Gasteiger partial charge < -0.3 is 10.3 Å². The molecule has 1 atom stereocenters. The number of aromatic nitrogens is 3. The van der Waals surface area contributed by atoms with Gasteiger partial charge in [-0.05, 0) is 50.8 Å². The van der Waals surface area contributed by atoms with Gasteiger partial charge in [0, 0.05) is 17.4 Å². The fraction of sp³-hybridized carbons (Fsp3) is 0.409. The van der Waals surface area contributed by atoms with Gasteiger partial charge in [0.15, 0.2) is 5.16 Å². The number of nitrogens with zero attached hydrogens (tertiary/aromatic N) is 2. The van der Waals surface area contributed by atoms with Crippen molar-refractivity contribution in [1.82, 2.24) is 14.5 Å². The number of aromatic amines is 1. The number of benzene rings is 1. The Morgan fingerprint density at radius 3 is 2.76 bits per heavy atom. The maximum absolute atomic E-state index is 13.0. The highest BCUT2D eigenvalue weighted by molar-refractivity contribution is 7.99. The summed E-state index contributed by atoms with van der Waals surface area (Å²) in [5.74, 6) is 0.0873. The van der Waals surface area contributed by atoms with Crippen molar-refractivity contribution in [3.8, 4) is 0 Å². The molecule has 2 heterocycles. The van der Waals surface area contributed by atoms with Crippen molar-refractivity contribution in [2.24, 2.45) is 0 Å². The van der Waals surface area contributed by atoms with E-state index in [1.807, 2.05) is 52.0 Å². The van der Waals surface area contributed by atoms with Gasteiger partial charge in [-0.1, -0.05) is 43.8 Å². The van der Waals surface area contributed by atoms with Crippen LogP contribution in [0.4, 0.5) is 5.69 Å². The molecular formula is C22H28N4O2S. The molecule has 6 nitrogen and oxygen atoms in total. The molecule has 2 N–H and O–H groups in total. The van der Waals surface area contributed by atoms with Crippen molar-refractivity contribution < 1.29 is 4.79 Å². The minimum Gasteiger partial charge on any atom is -0.353 e. The first-order valence-corrected chi connectivity index (χ1v) is 11.0. The van der Waals surface area contributed by atoms with E-state index in [0.717, 1.165) is 35.3 Å². The van der Waals surface area contributed by atoms with Gasteiger partial charge in [-0.15, -0.1) is 0 Å². The fourth-order valence-corrected chi connectivity index (χ4v) is 4.27. The molecular weight excluding hydrogens is 384 g/mol. The summed E-state index contributed by atoms with van der Waals surface area (Å²) in [6.45, 7) is 10.00. The van der Waals surface area contributed by atoms with Crippen LogP contribution < -0.4 is 10.9 Å². The Morgan fingerprint density at radius 1 is 1.31 bits per heavy atom. The van der Waals surface area contributed by atoms with Crippen LogP contribution in [0.3, 0.4) is 0 Å². The van der Waals surface area contributed by atoms with Gasteiger partial charge in [0.05, 0.1) is 11.3 Å². The number of anilines is 1. The predicted molar refractivity (Wildman–Crippen MR) is 120 cm³/mol. The molecule has 0 saturated heterocycles. The zero-order chi connectivity index (χ0) is 21.1. The third-order valence-electron chi connectivity index (χ3n) is 5.15. The average Bonchev–Trinajstić information content (AvgIpc) is 3.08. The number of rotatable bonds is 7. The Morgan fingerprint density at radius 2 is 2.07 bits per heavy atom. The van der Waals surface area contributed by atoms with Gasteiger partial charge in [0.2, 0.25) is 5.91 Å². The summed E-state index contributed by atoms with van der Waals surface area (Å²) in [4.78, 5) is 33.4. The Labute approximate surface area is 175 Å². The maximum atomic E-state index is 13.0. The van der Waals surface area contributed by atoms with Gasteiger partial charge in [-0.2, -0.15) is 0 Å². The van der Waals surface area contributed by atoms with Gasteiger partial charge >= 0.3 is 0 Å². The molecule has 7 heteroatoms. The highest BCUT2D eigenvalue weighted by Gasteiger charge is 2.18. The largest absolute Gasteiger partial charge is 0.353 e. The number of amides is 1. The molecule has 3 rings (SSSR count). The minimum absolute atomic E-state index is 0.00312. The lowest BCUT2D eigenvalue weighted by atomic mass is 10.1. The second kappa shape index (κ2) is 8.86. The standard InChI is InChI=1S/C22H28N4O2S/c1-6-15(5)26-21(28)20-17(11-14(4)23-20)24-22(26)29-12-18(27)25-19-13(3)9-8-10-16(19)7-2/h8-11,15,23H,6-7,12H2,1-5H3,(H,25,27). The molecule has 29 heavy (non-hydrogen) atoms. The van der Waals surface area contributed by atoms with Crippen LogP contribution in [-0.2, 0) is 11.2 Å². The van der Waals surface area contributed by atoms with Crippen LogP contribution in [0.5, 0.6) is 0 Å². The van der Waals surface area contributed by atoms with Gasteiger partial charge in [0.1, 0.15) is 5.52 Å². The van der Waals surface area contributed by atoms with Crippen LogP contribution in [0.2, 0.25) is 0 Å². The molecule has 0 fully saturated rings. The number of fused-ring (bicyclic) bond motifs is 1. The highest BCUT2D eigenvalue weighted by Crippen LogP contribution is 2.24. The number of H-pyrrole nitrogens is 1. The Hall–Kier alpha value is -2.54. The van der Waals surface area contributed by atoms with E-state index in [-0.39, 0.29) is 23.3 Å². The number of carbonyl (C=O) groups is 1.